The Labute approximate surface area is 146 Å². The molecule has 128 valence electrons. The van der Waals surface area contributed by atoms with Gasteiger partial charge < -0.3 is 9.32 Å². The molecule has 2 aromatic rings. The van der Waals surface area contributed by atoms with Crippen molar-refractivity contribution in [2.45, 2.75) is 25.9 Å². The molecular formula is C17H18ClNO4S. The van der Waals surface area contributed by atoms with Gasteiger partial charge in [-0.15, -0.1) is 0 Å². The smallest absolute Gasteiger partial charge is 0.254 e. The lowest BCUT2D eigenvalue weighted by molar-refractivity contribution is 0.0665. The summed E-state index contributed by atoms with van der Waals surface area (Å²) in [5.74, 6) is 1.23. The van der Waals surface area contributed by atoms with Gasteiger partial charge in [-0.05, 0) is 43.7 Å². The molecule has 0 bridgehead atoms. The molecule has 1 saturated heterocycles. The third-order valence-corrected chi connectivity index (χ3v) is 6.09. The van der Waals surface area contributed by atoms with Crippen LogP contribution in [-0.4, -0.2) is 36.8 Å². The summed E-state index contributed by atoms with van der Waals surface area (Å²) < 4.78 is 29.2. The summed E-state index contributed by atoms with van der Waals surface area (Å²) >= 11 is 5.98. The van der Waals surface area contributed by atoms with Crippen LogP contribution >= 0.6 is 11.6 Å². The number of sulfone groups is 1. The molecular weight excluding hydrogens is 350 g/mol. The Kier molecular flexibility index (Phi) is 4.69. The summed E-state index contributed by atoms with van der Waals surface area (Å²) in [5, 5.41) is 0.466. The second-order valence-corrected chi connectivity index (χ2v) is 8.68. The quantitative estimate of drug-likeness (QED) is 0.832. The number of halogens is 1. The minimum absolute atomic E-state index is 0.0149. The molecule has 0 radical (unpaired) electrons. The molecule has 7 heteroatoms. The van der Waals surface area contributed by atoms with Gasteiger partial charge in [0.2, 0.25) is 0 Å². The number of amides is 1. The predicted molar refractivity (Wildman–Crippen MR) is 91.8 cm³/mol. The second-order valence-electron chi connectivity index (χ2n) is 6.01. The van der Waals surface area contributed by atoms with Gasteiger partial charge in [0.15, 0.2) is 9.84 Å². The maximum absolute atomic E-state index is 12.9. The highest BCUT2D eigenvalue weighted by molar-refractivity contribution is 7.91. The van der Waals surface area contributed by atoms with Gasteiger partial charge in [-0.1, -0.05) is 17.7 Å². The largest absolute Gasteiger partial charge is 0.464 e. The van der Waals surface area contributed by atoms with Gasteiger partial charge in [0, 0.05) is 16.6 Å². The van der Waals surface area contributed by atoms with E-state index in [9.17, 15) is 13.2 Å². The predicted octanol–water partition coefficient (Wildman–Crippen LogP) is 3.07. The van der Waals surface area contributed by atoms with Gasteiger partial charge in [-0.2, -0.15) is 0 Å². The molecule has 1 aromatic heterocycles. The van der Waals surface area contributed by atoms with Crippen molar-refractivity contribution < 1.29 is 17.6 Å². The Morgan fingerprint density at radius 3 is 2.71 bits per heavy atom. The van der Waals surface area contributed by atoms with Crippen molar-refractivity contribution in [2.24, 2.45) is 0 Å². The van der Waals surface area contributed by atoms with Crippen LogP contribution in [0.4, 0.5) is 0 Å². The zero-order chi connectivity index (χ0) is 17.3. The molecule has 3 rings (SSSR count). The van der Waals surface area contributed by atoms with Crippen LogP contribution in [0.3, 0.4) is 0 Å². The third kappa shape index (κ3) is 3.82. The van der Waals surface area contributed by atoms with Gasteiger partial charge in [0.25, 0.3) is 5.91 Å². The fraction of sp³-hybridized carbons (Fsp3) is 0.353. The molecule has 1 aromatic carbocycles. The van der Waals surface area contributed by atoms with Crippen LogP contribution in [0.25, 0.3) is 0 Å². The topological polar surface area (TPSA) is 67.6 Å². The molecule has 0 aliphatic carbocycles. The van der Waals surface area contributed by atoms with Crippen molar-refractivity contribution in [2.75, 3.05) is 11.5 Å². The molecule has 5 nitrogen and oxygen atoms in total. The fourth-order valence-corrected chi connectivity index (χ4v) is 4.83. The Bertz CT molecular complexity index is 859. The average molecular weight is 368 g/mol. The Balaban J connectivity index is 1.90. The van der Waals surface area contributed by atoms with Gasteiger partial charge >= 0.3 is 0 Å². The van der Waals surface area contributed by atoms with Gasteiger partial charge in [-0.25, -0.2) is 8.42 Å². The minimum Gasteiger partial charge on any atom is -0.464 e. The first-order chi connectivity index (χ1) is 11.3. The molecule has 1 aliphatic rings. The van der Waals surface area contributed by atoms with E-state index in [0.717, 1.165) is 5.76 Å². The lowest BCUT2D eigenvalue weighted by Gasteiger charge is -2.27. The summed E-state index contributed by atoms with van der Waals surface area (Å²) in [6.07, 6.45) is 0.439. The second kappa shape index (κ2) is 6.61. The molecule has 1 amide bonds. The van der Waals surface area contributed by atoms with Gasteiger partial charge in [-0.3, -0.25) is 4.79 Å². The Morgan fingerprint density at radius 1 is 1.33 bits per heavy atom. The van der Waals surface area contributed by atoms with Crippen LogP contribution in [0, 0.1) is 6.92 Å². The van der Waals surface area contributed by atoms with Gasteiger partial charge in [0.1, 0.15) is 11.5 Å². The highest BCUT2D eigenvalue weighted by atomic mass is 35.5. The normalized spacial score (nSPS) is 19.3. The van der Waals surface area contributed by atoms with E-state index < -0.39 is 9.84 Å². The fourth-order valence-electron chi connectivity index (χ4n) is 2.91. The van der Waals surface area contributed by atoms with E-state index in [-0.39, 0.29) is 30.0 Å². The van der Waals surface area contributed by atoms with E-state index in [2.05, 4.69) is 0 Å². The number of carbonyl (C=O) groups excluding carboxylic acids is 1. The number of hydrogen-bond donors (Lipinski definition) is 0. The Hall–Kier alpha value is -1.79. The van der Waals surface area contributed by atoms with Crippen molar-refractivity contribution in [3.8, 4) is 0 Å². The molecule has 0 unspecified atom stereocenters. The number of carbonyl (C=O) groups is 1. The van der Waals surface area contributed by atoms with Crippen LogP contribution in [0.5, 0.6) is 0 Å². The summed E-state index contributed by atoms with van der Waals surface area (Å²) in [5.41, 5.74) is 0.440. The Morgan fingerprint density at radius 2 is 2.12 bits per heavy atom. The number of nitrogens with zero attached hydrogens (tertiary/aromatic N) is 1. The first-order valence-electron chi connectivity index (χ1n) is 7.66. The number of rotatable bonds is 4. The molecule has 0 N–H and O–H groups in total. The first-order valence-corrected chi connectivity index (χ1v) is 9.86. The zero-order valence-electron chi connectivity index (χ0n) is 13.2. The summed E-state index contributed by atoms with van der Waals surface area (Å²) in [6.45, 7) is 2.06. The number of hydrogen-bond acceptors (Lipinski definition) is 4. The SMILES string of the molecule is Cc1ccc(CN(C(=O)c2cccc(Cl)c2)[C@H]2CCS(=O)(=O)C2)o1. The first kappa shape index (κ1) is 17.0. The van der Waals surface area contributed by atoms with Crippen LogP contribution in [0.1, 0.15) is 28.3 Å². The van der Waals surface area contributed by atoms with Gasteiger partial charge in [0.05, 0.1) is 18.1 Å². The number of benzene rings is 1. The van der Waals surface area contributed by atoms with Crippen LogP contribution < -0.4 is 0 Å². The lowest BCUT2D eigenvalue weighted by Crippen LogP contribution is -2.40. The lowest BCUT2D eigenvalue weighted by atomic mass is 10.1. The van der Waals surface area contributed by atoms with Crippen LogP contribution in [-0.2, 0) is 16.4 Å². The van der Waals surface area contributed by atoms with Crippen molar-refractivity contribution in [3.63, 3.8) is 0 Å². The molecule has 1 fully saturated rings. The average Bonchev–Trinajstić information content (AvgIpc) is 3.09. The van der Waals surface area contributed by atoms with Crippen molar-refractivity contribution in [1.82, 2.24) is 4.90 Å². The van der Waals surface area contributed by atoms with E-state index in [1.807, 2.05) is 13.0 Å². The summed E-state index contributed by atoms with van der Waals surface area (Å²) in [6, 6.07) is 9.94. The molecule has 24 heavy (non-hydrogen) atoms. The monoisotopic (exact) mass is 367 g/mol. The summed E-state index contributed by atoms with van der Waals surface area (Å²) in [7, 11) is -3.10. The number of furan rings is 1. The molecule has 1 aliphatic heterocycles. The minimum atomic E-state index is -3.10. The van der Waals surface area contributed by atoms with E-state index in [1.54, 1.807) is 35.2 Å². The molecule has 0 spiro atoms. The maximum atomic E-state index is 12.9. The number of aryl methyl sites for hydroxylation is 1. The van der Waals surface area contributed by atoms with E-state index in [4.69, 9.17) is 16.0 Å². The van der Waals surface area contributed by atoms with E-state index in [0.29, 0.717) is 22.8 Å². The molecule has 2 heterocycles. The van der Waals surface area contributed by atoms with E-state index in [1.165, 1.54) is 0 Å². The highest BCUT2D eigenvalue weighted by Gasteiger charge is 2.35. The third-order valence-electron chi connectivity index (χ3n) is 4.10. The maximum Gasteiger partial charge on any atom is 0.254 e. The van der Waals surface area contributed by atoms with Crippen LogP contribution in [0.15, 0.2) is 40.8 Å². The molecule has 0 saturated carbocycles. The zero-order valence-corrected chi connectivity index (χ0v) is 14.8. The van der Waals surface area contributed by atoms with E-state index >= 15 is 0 Å². The van der Waals surface area contributed by atoms with Crippen LogP contribution in [0.2, 0.25) is 5.02 Å². The van der Waals surface area contributed by atoms with Crippen molar-refractivity contribution in [3.05, 3.63) is 58.5 Å². The molecule has 1 atom stereocenters. The van der Waals surface area contributed by atoms with Crippen molar-refractivity contribution >= 4 is 27.3 Å². The van der Waals surface area contributed by atoms with Crippen molar-refractivity contribution in [1.29, 1.82) is 0 Å². The highest BCUT2D eigenvalue weighted by Crippen LogP contribution is 2.24. The summed E-state index contributed by atoms with van der Waals surface area (Å²) in [4.78, 5) is 14.5. The standard InChI is InChI=1S/C17H18ClNO4S/c1-12-5-6-16(23-12)10-19(15-7-8-24(21,22)11-15)17(20)13-3-2-4-14(18)9-13/h2-6,9,15H,7-8,10-11H2,1H3/t15-/m0/s1.